The number of aliphatic hydroxyl groups is 1. The van der Waals surface area contributed by atoms with Crippen molar-refractivity contribution < 1.29 is 19.4 Å². The van der Waals surface area contributed by atoms with E-state index >= 15 is 0 Å². The first-order valence-electron chi connectivity index (χ1n) is 8.72. The Bertz CT molecular complexity index is 909. The Morgan fingerprint density at radius 2 is 1.79 bits per heavy atom. The van der Waals surface area contributed by atoms with Gasteiger partial charge in [-0.05, 0) is 71.0 Å². The lowest BCUT2D eigenvalue weighted by Crippen LogP contribution is -2.31. The third kappa shape index (κ3) is 4.24. The van der Waals surface area contributed by atoms with E-state index in [0.717, 1.165) is 9.13 Å². The second kappa shape index (κ2) is 9.07. The summed E-state index contributed by atoms with van der Waals surface area (Å²) < 4.78 is 6.11. The molecule has 2 aromatic carbocycles. The molecule has 0 aliphatic carbocycles. The number of Topliss-reactive ketones (excluding diaryl/α,β-unsaturated/α-hetero) is 1. The molecule has 0 spiro atoms. The van der Waals surface area contributed by atoms with E-state index in [4.69, 9.17) is 16.3 Å². The molecule has 1 aliphatic heterocycles. The van der Waals surface area contributed by atoms with Crippen LogP contribution in [0.3, 0.4) is 0 Å². The lowest BCUT2D eigenvalue weighted by molar-refractivity contribution is -0.140. The van der Waals surface area contributed by atoms with E-state index in [1.54, 1.807) is 31.4 Å². The van der Waals surface area contributed by atoms with Gasteiger partial charge in [-0.2, -0.15) is 0 Å². The molecule has 0 saturated carbocycles. The standard InChI is InChI=1S/C21H19ClINO4/c1-28-12-2-11-24-18(13-5-9-16(23)10-6-13)17(20(26)21(24)27)19(25)14-3-7-15(22)8-4-14/h3-10,18,25H,2,11-12H2,1H3/t18-/m0/s1. The number of ketones is 1. The number of amides is 1. The highest BCUT2D eigenvalue weighted by molar-refractivity contribution is 14.1. The molecule has 28 heavy (non-hydrogen) atoms. The molecule has 1 N–H and O–H groups in total. The lowest BCUT2D eigenvalue weighted by atomic mass is 9.95. The molecule has 0 bridgehead atoms. The van der Waals surface area contributed by atoms with Crippen LogP contribution in [0.5, 0.6) is 0 Å². The van der Waals surface area contributed by atoms with Crippen molar-refractivity contribution in [3.8, 4) is 0 Å². The molecule has 1 atom stereocenters. The Kier molecular flexibility index (Phi) is 6.74. The van der Waals surface area contributed by atoms with E-state index in [0.29, 0.717) is 30.2 Å². The molecule has 3 rings (SSSR count). The largest absolute Gasteiger partial charge is 0.507 e. The van der Waals surface area contributed by atoms with Crippen molar-refractivity contribution in [2.45, 2.75) is 12.5 Å². The van der Waals surface area contributed by atoms with E-state index < -0.39 is 17.7 Å². The SMILES string of the molecule is COCCCN1C(=O)C(=O)C(=C(O)c2ccc(Cl)cc2)[C@@H]1c1ccc(I)cc1. The van der Waals surface area contributed by atoms with E-state index in [1.165, 1.54) is 4.90 Å². The van der Waals surface area contributed by atoms with Gasteiger partial charge in [0, 0.05) is 34.4 Å². The van der Waals surface area contributed by atoms with Gasteiger partial charge < -0.3 is 14.7 Å². The minimum Gasteiger partial charge on any atom is -0.507 e. The van der Waals surface area contributed by atoms with Crippen molar-refractivity contribution in [2.75, 3.05) is 20.3 Å². The zero-order valence-corrected chi connectivity index (χ0v) is 18.1. The number of methoxy groups -OCH3 is 1. The second-order valence-corrected chi connectivity index (χ2v) is 8.08. The molecule has 146 valence electrons. The van der Waals surface area contributed by atoms with Crippen molar-refractivity contribution in [1.82, 2.24) is 4.90 Å². The van der Waals surface area contributed by atoms with Crippen LogP contribution in [0.15, 0.2) is 54.1 Å². The first-order valence-corrected chi connectivity index (χ1v) is 10.2. The fourth-order valence-corrected chi connectivity index (χ4v) is 3.73. The summed E-state index contributed by atoms with van der Waals surface area (Å²) in [6.07, 6.45) is 0.589. The lowest BCUT2D eigenvalue weighted by Gasteiger charge is -2.25. The van der Waals surface area contributed by atoms with Gasteiger partial charge in [0.1, 0.15) is 5.76 Å². The first kappa shape index (κ1) is 20.8. The van der Waals surface area contributed by atoms with Gasteiger partial charge in [0.05, 0.1) is 11.6 Å². The van der Waals surface area contributed by atoms with Gasteiger partial charge in [0.2, 0.25) is 0 Å². The molecule has 0 aromatic heterocycles. The maximum Gasteiger partial charge on any atom is 0.295 e. The number of carbonyl (C=O) groups is 2. The number of halogens is 2. The summed E-state index contributed by atoms with van der Waals surface area (Å²) in [6.45, 7) is 0.825. The van der Waals surface area contributed by atoms with Gasteiger partial charge >= 0.3 is 0 Å². The molecule has 2 aromatic rings. The second-order valence-electron chi connectivity index (χ2n) is 6.40. The van der Waals surface area contributed by atoms with Crippen molar-refractivity contribution >= 4 is 51.6 Å². The highest BCUT2D eigenvalue weighted by atomic mass is 127. The van der Waals surface area contributed by atoms with Crippen molar-refractivity contribution in [3.63, 3.8) is 0 Å². The number of likely N-dealkylation sites (tertiary alicyclic amines) is 1. The molecule has 7 heteroatoms. The van der Waals surface area contributed by atoms with Gasteiger partial charge in [0.15, 0.2) is 0 Å². The monoisotopic (exact) mass is 511 g/mol. The first-order chi connectivity index (χ1) is 13.4. The van der Waals surface area contributed by atoms with Gasteiger partial charge in [-0.25, -0.2) is 0 Å². The molecular formula is C21H19ClINO4. The molecule has 1 heterocycles. The van der Waals surface area contributed by atoms with E-state index in [2.05, 4.69) is 22.6 Å². The van der Waals surface area contributed by atoms with Crippen molar-refractivity contribution in [3.05, 3.63) is 73.8 Å². The van der Waals surface area contributed by atoms with Gasteiger partial charge in [0.25, 0.3) is 11.7 Å². The quantitative estimate of drug-likeness (QED) is 0.205. The fraction of sp³-hybridized carbons (Fsp3) is 0.238. The van der Waals surface area contributed by atoms with Crippen LogP contribution in [0.2, 0.25) is 5.02 Å². The fourth-order valence-electron chi connectivity index (χ4n) is 3.24. The van der Waals surface area contributed by atoms with Gasteiger partial charge in [-0.3, -0.25) is 9.59 Å². The van der Waals surface area contributed by atoms with E-state index in [1.807, 2.05) is 24.3 Å². The molecule has 1 fully saturated rings. The van der Waals surface area contributed by atoms with Crippen LogP contribution < -0.4 is 0 Å². The molecular weight excluding hydrogens is 493 g/mol. The Balaban J connectivity index is 2.10. The molecule has 5 nitrogen and oxygen atoms in total. The van der Waals surface area contributed by atoms with Crippen LogP contribution in [-0.4, -0.2) is 42.0 Å². The number of hydrogen-bond acceptors (Lipinski definition) is 4. The number of ether oxygens (including phenoxy) is 1. The number of hydrogen-bond donors (Lipinski definition) is 1. The average Bonchev–Trinajstić information content (AvgIpc) is 2.94. The maximum absolute atomic E-state index is 12.8. The maximum atomic E-state index is 12.8. The number of carbonyl (C=O) groups excluding carboxylic acids is 2. The number of rotatable bonds is 6. The minimum absolute atomic E-state index is 0.0888. The molecule has 1 amide bonds. The summed E-state index contributed by atoms with van der Waals surface area (Å²) in [6, 6.07) is 13.4. The Morgan fingerprint density at radius 1 is 1.14 bits per heavy atom. The van der Waals surface area contributed by atoms with Crippen LogP contribution in [0, 0.1) is 3.57 Å². The molecule has 0 radical (unpaired) electrons. The van der Waals surface area contributed by atoms with Crippen LogP contribution in [0.25, 0.3) is 5.76 Å². The van der Waals surface area contributed by atoms with Crippen molar-refractivity contribution in [2.24, 2.45) is 0 Å². The zero-order chi connectivity index (χ0) is 20.3. The summed E-state index contributed by atoms with van der Waals surface area (Å²) in [4.78, 5) is 27.0. The van der Waals surface area contributed by atoms with E-state index in [9.17, 15) is 14.7 Å². The highest BCUT2D eigenvalue weighted by Gasteiger charge is 2.45. The third-order valence-corrected chi connectivity index (χ3v) is 5.56. The van der Waals surface area contributed by atoms with Crippen LogP contribution in [0.1, 0.15) is 23.6 Å². The number of aliphatic hydroxyl groups excluding tert-OH is 1. The van der Waals surface area contributed by atoms with Crippen molar-refractivity contribution in [1.29, 1.82) is 0 Å². The molecule has 1 saturated heterocycles. The Hall–Kier alpha value is -1.90. The molecule has 1 aliphatic rings. The van der Waals surface area contributed by atoms with Crippen LogP contribution in [-0.2, 0) is 14.3 Å². The summed E-state index contributed by atoms with van der Waals surface area (Å²) in [5.74, 6) is -1.50. The normalized spacial score (nSPS) is 18.7. The summed E-state index contributed by atoms with van der Waals surface area (Å²) in [7, 11) is 1.59. The predicted molar refractivity (Wildman–Crippen MR) is 116 cm³/mol. The van der Waals surface area contributed by atoms with Crippen LogP contribution >= 0.6 is 34.2 Å². The van der Waals surface area contributed by atoms with Gasteiger partial charge in [-0.1, -0.05) is 23.7 Å². The van der Waals surface area contributed by atoms with Crippen LogP contribution in [0.4, 0.5) is 0 Å². The predicted octanol–water partition coefficient (Wildman–Crippen LogP) is 4.40. The van der Waals surface area contributed by atoms with E-state index in [-0.39, 0.29) is 11.3 Å². The summed E-state index contributed by atoms with van der Waals surface area (Å²) >= 11 is 8.12. The highest BCUT2D eigenvalue weighted by Crippen LogP contribution is 2.39. The topological polar surface area (TPSA) is 66.8 Å². The summed E-state index contributed by atoms with van der Waals surface area (Å²) in [5, 5.41) is 11.4. The zero-order valence-electron chi connectivity index (χ0n) is 15.2. The third-order valence-electron chi connectivity index (χ3n) is 4.59. The number of benzene rings is 2. The Labute approximate surface area is 182 Å². The average molecular weight is 512 g/mol. The van der Waals surface area contributed by atoms with Gasteiger partial charge in [-0.15, -0.1) is 0 Å². The molecule has 0 unspecified atom stereocenters. The minimum atomic E-state index is -0.687. The number of nitrogens with zero attached hydrogens (tertiary/aromatic N) is 1. The smallest absolute Gasteiger partial charge is 0.295 e. The Morgan fingerprint density at radius 3 is 2.39 bits per heavy atom. The summed E-state index contributed by atoms with van der Waals surface area (Å²) in [5.41, 5.74) is 1.30.